The number of hydrogen-bond acceptors (Lipinski definition) is 6. The second kappa shape index (κ2) is 6.76. The lowest BCUT2D eigenvalue weighted by atomic mass is 10.0. The Morgan fingerprint density at radius 3 is 2.71 bits per heavy atom. The van der Waals surface area contributed by atoms with E-state index in [9.17, 15) is 18.7 Å². The zero-order valence-corrected chi connectivity index (χ0v) is 15.6. The number of hydrogen-bond donors (Lipinski definition) is 4. The maximum absolute atomic E-state index is 13.9. The van der Waals surface area contributed by atoms with Crippen molar-refractivity contribution in [1.29, 1.82) is 0 Å². The number of aromatic amines is 1. The Morgan fingerprint density at radius 1 is 1.19 bits per heavy atom. The minimum atomic E-state index is -1.13. The Bertz CT molecular complexity index is 1470. The zero-order valence-electron chi connectivity index (χ0n) is 15.6. The SMILES string of the molecule is Nc1ncnn2cc(C(=O)O)c(-c3ccc(Nc4nc5cc(F)cc(F)c5[nH]4)cc3)c12. The maximum atomic E-state index is 13.9. The number of benzene rings is 2. The van der Waals surface area contributed by atoms with Gasteiger partial charge in [0.15, 0.2) is 11.6 Å². The number of carboxylic acids is 1. The molecule has 0 spiro atoms. The van der Waals surface area contributed by atoms with Gasteiger partial charge in [0.05, 0.1) is 11.1 Å². The summed E-state index contributed by atoms with van der Waals surface area (Å²) in [7, 11) is 0. The van der Waals surface area contributed by atoms with Crippen molar-refractivity contribution >= 4 is 40.0 Å². The molecule has 0 unspecified atom stereocenters. The minimum absolute atomic E-state index is 0.0303. The van der Waals surface area contributed by atoms with Crippen molar-refractivity contribution in [2.24, 2.45) is 0 Å². The molecule has 31 heavy (non-hydrogen) atoms. The monoisotopic (exact) mass is 421 g/mol. The standard InChI is InChI=1S/C20H13F2N7O2/c21-10-5-13(22)16-14(6-10)27-20(28-16)26-11-3-1-9(2-4-11)15-12(19(30)31)7-29-17(15)18(23)24-8-25-29/h1-8H,(H,30,31)(H2,23,24,25)(H2,26,27,28). The first-order valence-corrected chi connectivity index (χ1v) is 8.98. The molecule has 2 aromatic carbocycles. The quantitative estimate of drug-likeness (QED) is 0.348. The fraction of sp³-hybridized carbons (Fsp3) is 0. The number of H-pyrrole nitrogens is 1. The molecular formula is C20H13F2N7O2. The molecule has 0 fully saturated rings. The highest BCUT2D eigenvalue weighted by Gasteiger charge is 2.21. The first kappa shape index (κ1) is 18.5. The van der Waals surface area contributed by atoms with Crippen LogP contribution < -0.4 is 11.1 Å². The highest BCUT2D eigenvalue weighted by atomic mass is 19.1. The van der Waals surface area contributed by atoms with Crippen molar-refractivity contribution in [1.82, 2.24) is 24.6 Å². The van der Waals surface area contributed by atoms with Gasteiger partial charge in [0.25, 0.3) is 0 Å². The molecule has 5 aromatic rings. The van der Waals surface area contributed by atoms with Crippen molar-refractivity contribution in [3.05, 3.63) is 66.1 Å². The Morgan fingerprint density at radius 2 is 1.97 bits per heavy atom. The fourth-order valence-electron chi connectivity index (χ4n) is 3.44. The highest BCUT2D eigenvalue weighted by Crippen LogP contribution is 2.33. The number of halogens is 2. The van der Waals surface area contributed by atoms with Crippen LogP contribution in [0.1, 0.15) is 10.4 Å². The van der Waals surface area contributed by atoms with Gasteiger partial charge in [-0.25, -0.2) is 28.1 Å². The van der Waals surface area contributed by atoms with E-state index < -0.39 is 17.6 Å². The van der Waals surface area contributed by atoms with E-state index in [1.807, 2.05) is 0 Å². The molecule has 154 valence electrons. The molecule has 0 saturated carbocycles. The maximum Gasteiger partial charge on any atom is 0.337 e. The lowest BCUT2D eigenvalue weighted by Crippen LogP contribution is -1.99. The number of nitrogens with one attached hydrogen (secondary N) is 2. The summed E-state index contributed by atoms with van der Waals surface area (Å²) in [5.41, 5.74) is 8.17. The number of carboxylic acid groups (broad SMARTS) is 1. The van der Waals surface area contributed by atoms with Crippen LogP contribution in [0.5, 0.6) is 0 Å². The summed E-state index contributed by atoms with van der Waals surface area (Å²) < 4.78 is 28.6. The van der Waals surface area contributed by atoms with Crippen molar-refractivity contribution in [3.63, 3.8) is 0 Å². The van der Waals surface area contributed by atoms with Crippen LogP contribution in [0.4, 0.5) is 26.2 Å². The lowest BCUT2D eigenvalue weighted by Gasteiger charge is -2.07. The van der Waals surface area contributed by atoms with Gasteiger partial charge in [-0.1, -0.05) is 12.1 Å². The number of nitrogen functional groups attached to an aromatic ring is 1. The third-order valence-corrected chi connectivity index (χ3v) is 4.78. The predicted molar refractivity (Wildman–Crippen MR) is 109 cm³/mol. The normalized spacial score (nSPS) is 11.3. The van der Waals surface area contributed by atoms with Gasteiger partial charge in [0.2, 0.25) is 5.95 Å². The van der Waals surface area contributed by atoms with E-state index in [2.05, 4.69) is 25.4 Å². The van der Waals surface area contributed by atoms with Crippen LogP contribution in [-0.2, 0) is 0 Å². The van der Waals surface area contributed by atoms with Crippen LogP contribution in [0.15, 0.2) is 48.9 Å². The number of aromatic nitrogens is 5. The number of imidazole rings is 1. The van der Waals surface area contributed by atoms with Crippen molar-refractivity contribution < 1.29 is 18.7 Å². The highest BCUT2D eigenvalue weighted by molar-refractivity contribution is 6.04. The minimum Gasteiger partial charge on any atom is -0.478 e. The molecule has 0 radical (unpaired) electrons. The van der Waals surface area contributed by atoms with Crippen LogP contribution in [0.2, 0.25) is 0 Å². The summed E-state index contributed by atoms with van der Waals surface area (Å²) in [5, 5.41) is 16.6. The Hall–Kier alpha value is -4.54. The molecule has 3 heterocycles. The van der Waals surface area contributed by atoms with Crippen LogP contribution in [0.3, 0.4) is 0 Å². The summed E-state index contributed by atoms with van der Waals surface area (Å²) in [4.78, 5) is 22.6. The number of carbonyl (C=O) groups is 1. The number of anilines is 3. The molecule has 0 amide bonds. The fourth-order valence-corrected chi connectivity index (χ4v) is 3.44. The van der Waals surface area contributed by atoms with E-state index in [1.54, 1.807) is 24.3 Å². The molecule has 0 saturated heterocycles. The van der Waals surface area contributed by atoms with Gasteiger partial charge >= 0.3 is 5.97 Å². The molecule has 5 rings (SSSR count). The van der Waals surface area contributed by atoms with E-state index in [0.717, 1.165) is 12.1 Å². The van der Waals surface area contributed by atoms with Crippen molar-refractivity contribution in [2.45, 2.75) is 0 Å². The summed E-state index contributed by atoms with van der Waals surface area (Å²) in [6, 6.07) is 8.67. The number of fused-ring (bicyclic) bond motifs is 2. The topological polar surface area (TPSA) is 134 Å². The van der Waals surface area contributed by atoms with Crippen LogP contribution in [-0.4, -0.2) is 35.6 Å². The van der Waals surface area contributed by atoms with Crippen LogP contribution >= 0.6 is 0 Å². The average molecular weight is 421 g/mol. The van der Waals surface area contributed by atoms with Gasteiger partial charge in [-0.15, -0.1) is 0 Å². The Labute approximate surface area is 172 Å². The Kier molecular flexibility index (Phi) is 4.03. The molecular weight excluding hydrogens is 408 g/mol. The van der Waals surface area contributed by atoms with Crippen LogP contribution in [0, 0.1) is 11.6 Å². The summed E-state index contributed by atoms with van der Waals surface area (Å²) >= 11 is 0. The zero-order chi connectivity index (χ0) is 21.7. The van der Waals surface area contributed by atoms with Gasteiger partial charge in [0.1, 0.15) is 23.2 Å². The van der Waals surface area contributed by atoms with Gasteiger partial charge in [-0.2, -0.15) is 5.10 Å². The van der Waals surface area contributed by atoms with E-state index in [0.29, 0.717) is 22.3 Å². The van der Waals surface area contributed by atoms with E-state index in [-0.39, 0.29) is 28.4 Å². The summed E-state index contributed by atoms with van der Waals surface area (Å²) in [5.74, 6) is -2.21. The number of aromatic carboxylic acids is 1. The molecule has 0 bridgehead atoms. The van der Waals surface area contributed by atoms with E-state index >= 15 is 0 Å². The van der Waals surface area contributed by atoms with E-state index in [1.165, 1.54) is 17.0 Å². The van der Waals surface area contributed by atoms with Gasteiger partial charge in [0, 0.05) is 29.6 Å². The third kappa shape index (κ3) is 3.08. The molecule has 11 heteroatoms. The van der Waals surface area contributed by atoms with Crippen molar-refractivity contribution in [2.75, 3.05) is 11.1 Å². The molecule has 0 atom stereocenters. The predicted octanol–water partition coefficient (Wildman–Crippen LogP) is 3.57. The van der Waals surface area contributed by atoms with Gasteiger partial charge in [-0.05, 0) is 17.7 Å². The second-order valence-corrected chi connectivity index (χ2v) is 6.73. The first-order valence-electron chi connectivity index (χ1n) is 8.98. The molecule has 0 aliphatic rings. The van der Waals surface area contributed by atoms with E-state index in [4.69, 9.17) is 5.73 Å². The molecule has 0 aliphatic carbocycles. The lowest BCUT2D eigenvalue weighted by molar-refractivity contribution is 0.0697. The smallest absolute Gasteiger partial charge is 0.337 e. The van der Waals surface area contributed by atoms with Gasteiger partial charge < -0.3 is 21.1 Å². The number of rotatable bonds is 4. The average Bonchev–Trinajstić information content (AvgIpc) is 3.31. The second-order valence-electron chi connectivity index (χ2n) is 6.73. The molecule has 0 aliphatic heterocycles. The summed E-state index contributed by atoms with van der Waals surface area (Å²) in [6.07, 6.45) is 2.62. The van der Waals surface area contributed by atoms with Crippen LogP contribution in [0.25, 0.3) is 27.7 Å². The summed E-state index contributed by atoms with van der Waals surface area (Å²) in [6.45, 7) is 0. The van der Waals surface area contributed by atoms with Crippen molar-refractivity contribution in [3.8, 4) is 11.1 Å². The number of nitrogens with two attached hydrogens (primary N) is 1. The first-order chi connectivity index (χ1) is 14.9. The number of nitrogens with zero attached hydrogens (tertiary/aromatic N) is 4. The Balaban J connectivity index is 1.52. The molecule has 5 N–H and O–H groups in total. The largest absolute Gasteiger partial charge is 0.478 e. The molecule has 3 aromatic heterocycles. The molecule has 9 nitrogen and oxygen atoms in total. The van der Waals surface area contributed by atoms with Gasteiger partial charge in [-0.3, -0.25) is 0 Å². The third-order valence-electron chi connectivity index (χ3n) is 4.78.